The van der Waals surface area contributed by atoms with Gasteiger partial charge in [-0.25, -0.2) is 4.98 Å². The Morgan fingerprint density at radius 2 is 1.89 bits per heavy atom. The summed E-state index contributed by atoms with van der Waals surface area (Å²) in [5.74, 6) is 0.518. The second-order valence-electron chi connectivity index (χ2n) is 6.89. The zero-order valence-electron chi connectivity index (χ0n) is 15.8. The van der Waals surface area contributed by atoms with E-state index in [-0.39, 0.29) is 17.2 Å². The number of anilines is 1. The third-order valence-corrected chi connectivity index (χ3v) is 5.72. The van der Waals surface area contributed by atoms with E-state index in [9.17, 15) is 9.59 Å². The Labute approximate surface area is 176 Å². The van der Waals surface area contributed by atoms with Crippen LogP contribution in [-0.4, -0.2) is 21.2 Å². The third kappa shape index (κ3) is 5.23. The van der Waals surface area contributed by atoms with E-state index in [4.69, 9.17) is 0 Å². The quantitative estimate of drug-likeness (QED) is 0.401. The largest absolute Gasteiger partial charge is 0.325 e. The SMILES string of the molecule is CC(C)CCn1c(SCC(=O)Nc2ccc(Br)cc2)nc2ccccc2c1=O. The maximum absolute atomic E-state index is 12.9. The second kappa shape index (κ2) is 9.39. The standard InChI is InChI=1S/C21H22BrN3O2S/c1-14(2)11-12-25-20(27)17-5-3-4-6-18(17)24-21(25)28-13-19(26)23-16-9-7-15(22)8-10-16/h3-10,14H,11-13H2,1-2H3,(H,23,26). The lowest BCUT2D eigenvalue weighted by Gasteiger charge is -2.14. The summed E-state index contributed by atoms with van der Waals surface area (Å²) in [5, 5.41) is 4.05. The molecule has 3 aromatic rings. The molecule has 2 aromatic carbocycles. The molecule has 0 bridgehead atoms. The van der Waals surface area contributed by atoms with E-state index in [0.29, 0.717) is 28.5 Å². The Bertz CT molecular complexity index is 1030. The van der Waals surface area contributed by atoms with Crippen molar-refractivity contribution in [3.63, 3.8) is 0 Å². The highest BCUT2D eigenvalue weighted by molar-refractivity contribution is 9.10. The number of rotatable bonds is 7. The molecule has 5 nitrogen and oxygen atoms in total. The first-order valence-corrected chi connectivity index (χ1v) is 10.9. The van der Waals surface area contributed by atoms with Crippen molar-refractivity contribution in [2.45, 2.75) is 32.0 Å². The van der Waals surface area contributed by atoms with E-state index in [0.717, 1.165) is 16.6 Å². The molecule has 0 radical (unpaired) electrons. The molecule has 1 heterocycles. The van der Waals surface area contributed by atoms with Crippen molar-refractivity contribution in [3.8, 4) is 0 Å². The van der Waals surface area contributed by atoms with Gasteiger partial charge in [-0.2, -0.15) is 0 Å². The number of carbonyl (C=O) groups excluding carboxylic acids is 1. The summed E-state index contributed by atoms with van der Waals surface area (Å²) in [4.78, 5) is 29.9. The van der Waals surface area contributed by atoms with Crippen molar-refractivity contribution in [2.75, 3.05) is 11.1 Å². The van der Waals surface area contributed by atoms with Crippen LogP contribution < -0.4 is 10.9 Å². The van der Waals surface area contributed by atoms with Crippen LogP contribution in [0.4, 0.5) is 5.69 Å². The Kier molecular flexibility index (Phi) is 6.91. The van der Waals surface area contributed by atoms with Gasteiger partial charge in [0.1, 0.15) is 0 Å². The van der Waals surface area contributed by atoms with Crippen LogP contribution in [0.15, 0.2) is 63.0 Å². The molecule has 0 fully saturated rings. The summed E-state index contributed by atoms with van der Waals surface area (Å²) < 4.78 is 2.65. The van der Waals surface area contributed by atoms with Gasteiger partial charge in [-0.1, -0.05) is 53.7 Å². The summed E-state index contributed by atoms with van der Waals surface area (Å²) in [6.45, 7) is 4.83. The molecule has 0 saturated heterocycles. The molecule has 146 valence electrons. The van der Waals surface area contributed by atoms with Gasteiger partial charge in [-0.05, 0) is 48.7 Å². The van der Waals surface area contributed by atoms with Gasteiger partial charge in [0, 0.05) is 16.7 Å². The average Bonchev–Trinajstić information content (AvgIpc) is 2.67. The third-order valence-electron chi connectivity index (χ3n) is 4.22. The molecule has 0 unspecified atom stereocenters. The minimum absolute atomic E-state index is 0.0536. The number of halogens is 1. The lowest BCUT2D eigenvalue weighted by Crippen LogP contribution is -2.25. The fourth-order valence-corrected chi connectivity index (χ4v) is 3.79. The fraction of sp³-hybridized carbons (Fsp3) is 0.286. The Balaban J connectivity index is 1.80. The summed E-state index contributed by atoms with van der Waals surface area (Å²) in [7, 11) is 0. The Hall–Kier alpha value is -2.12. The molecule has 0 aliphatic heterocycles. The maximum atomic E-state index is 12.9. The van der Waals surface area contributed by atoms with E-state index < -0.39 is 0 Å². The van der Waals surface area contributed by atoms with Gasteiger partial charge >= 0.3 is 0 Å². The molecule has 3 rings (SSSR count). The fourth-order valence-electron chi connectivity index (χ4n) is 2.70. The van der Waals surface area contributed by atoms with Gasteiger partial charge in [0.05, 0.1) is 16.7 Å². The van der Waals surface area contributed by atoms with Crippen LogP contribution in [-0.2, 0) is 11.3 Å². The number of amides is 1. The molecule has 28 heavy (non-hydrogen) atoms. The molecule has 0 saturated carbocycles. The lowest BCUT2D eigenvalue weighted by molar-refractivity contribution is -0.113. The molecule has 0 atom stereocenters. The van der Waals surface area contributed by atoms with E-state index >= 15 is 0 Å². The van der Waals surface area contributed by atoms with Gasteiger partial charge in [0.15, 0.2) is 5.16 Å². The minimum Gasteiger partial charge on any atom is -0.325 e. The summed E-state index contributed by atoms with van der Waals surface area (Å²) in [6, 6.07) is 14.7. The van der Waals surface area contributed by atoms with Crippen LogP contribution in [0.2, 0.25) is 0 Å². The van der Waals surface area contributed by atoms with Crippen LogP contribution >= 0.6 is 27.7 Å². The van der Waals surface area contributed by atoms with Crippen LogP contribution in [0.1, 0.15) is 20.3 Å². The van der Waals surface area contributed by atoms with Crippen LogP contribution in [0.25, 0.3) is 10.9 Å². The highest BCUT2D eigenvalue weighted by Crippen LogP contribution is 2.20. The predicted molar refractivity (Wildman–Crippen MR) is 119 cm³/mol. The number of nitrogens with one attached hydrogen (secondary N) is 1. The van der Waals surface area contributed by atoms with Crippen molar-refractivity contribution >= 4 is 50.2 Å². The first-order chi connectivity index (χ1) is 13.4. The zero-order chi connectivity index (χ0) is 20.1. The zero-order valence-corrected chi connectivity index (χ0v) is 18.2. The van der Waals surface area contributed by atoms with Gasteiger partial charge in [-0.15, -0.1) is 0 Å². The lowest BCUT2D eigenvalue weighted by atomic mass is 10.1. The molecular weight excluding hydrogens is 438 g/mol. The number of hydrogen-bond acceptors (Lipinski definition) is 4. The molecule has 1 N–H and O–H groups in total. The smallest absolute Gasteiger partial charge is 0.262 e. The number of nitrogens with zero attached hydrogens (tertiary/aromatic N) is 2. The molecule has 1 amide bonds. The summed E-state index contributed by atoms with van der Waals surface area (Å²) in [5.41, 5.74) is 1.34. The van der Waals surface area contributed by atoms with Crippen molar-refractivity contribution < 1.29 is 4.79 Å². The number of carbonyl (C=O) groups is 1. The van der Waals surface area contributed by atoms with Gasteiger partial charge < -0.3 is 5.32 Å². The second-order valence-corrected chi connectivity index (χ2v) is 8.75. The number of benzene rings is 2. The topological polar surface area (TPSA) is 64.0 Å². The molecular formula is C21H22BrN3O2S. The number of aromatic nitrogens is 2. The highest BCUT2D eigenvalue weighted by Gasteiger charge is 2.13. The van der Waals surface area contributed by atoms with Crippen molar-refractivity contribution in [2.24, 2.45) is 5.92 Å². The first kappa shape index (κ1) is 20.6. The van der Waals surface area contributed by atoms with Crippen molar-refractivity contribution in [1.29, 1.82) is 0 Å². The summed E-state index contributed by atoms with van der Waals surface area (Å²) in [6.07, 6.45) is 0.874. The van der Waals surface area contributed by atoms with Crippen LogP contribution in [0.3, 0.4) is 0 Å². The highest BCUT2D eigenvalue weighted by atomic mass is 79.9. The monoisotopic (exact) mass is 459 g/mol. The Morgan fingerprint density at radius 3 is 2.61 bits per heavy atom. The molecule has 0 aliphatic carbocycles. The Morgan fingerprint density at radius 1 is 1.18 bits per heavy atom. The predicted octanol–water partition coefficient (Wildman–Crippen LogP) is 4.94. The van der Waals surface area contributed by atoms with Gasteiger partial charge in [0.25, 0.3) is 5.56 Å². The molecule has 0 spiro atoms. The number of thioether (sulfide) groups is 1. The average molecular weight is 460 g/mol. The van der Waals surface area contributed by atoms with Crippen molar-refractivity contribution in [1.82, 2.24) is 9.55 Å². The van der Waals surface area contributed by atoms with Gasteiger partial charge in [-0.3, -0.25) is 14.2 Å². The van der Waals surface area contributed by atoms with Crippen LogP contribution in [0.5, 0.6) is 0 Å². The van der Waals surface area contributed by atoms with Gasteiger partial charge in [0.2, 0.25) is 5.91 Å². The van der Waals surface area contributed by atoms with E-state index in [1.165, 1.54) is 11.8 Å². The number of hydrogen-bond donors (Lipinski definition) is 1. The maximum Gasteiger partial charge on any atom is 0.262 e. The molecule has 0 aliphatic rings. The number of fused-ring (bicyclic) bond motifs is 1. The van der Waals surface area contributed by atoms with Crippen LogP contribution in [0, 0.1) is 5.92 Å². The van der Waals surface area contributed by atoms with E-state index in [1.54, 1.807) is 10.6 Å². The number of para-hydroxylation sites is 1. The summed E-state index contributed by atoms with van der Waals surface area (Å²) >= 11 is 4.66. The van der Waals surface area contributed by atoms with E-state index in [2.05, 4.69) is 40.1 Å². The normalized spacial score (nSPS) is 11.1. The van der Waals surface area contributed by atoms with Crippen molar-refractivity contribution in [3.05, 3.63) is 63.4 Å². The molecule has 1 aromatic heterocycles. The first-order valence-electron chi connectivity index (χ1n) is 9.12. The molecule has 7 heteroatoms. The minimum atomic E-state index is -0.134. The van der Waals surface area contributed by atoms with E-state index in [1.807, 2.05) is 42.5 Å².